The van der Waals surface area contributed by atoms with Crippen LogP contribution in [0.1, 0.15) is 25.7 Å². The predicted octanol–water partition coefficient (Wildman–Crippen LogP) is 1.12. The summed E-state index contributed by atoms with van der Waals surface area (Å²) in [6.45, 7) is 0. The Kier molecular flexibility index (Phi) is 2.69. The van der Waals surface area contributed by atoms with Gasteiger partial charge in [0.05, 0.1) is 12.4 Å². The Bertz CT molecular complexity index is 672. The molecule has 3 atom stereocenters. The molecule has 0 aliphatic carbocycles. The van der Waals surface area contributed by atoms with E-state index in [2.05, 4.69) is 30.4 Å². The fourth-order valence-corrected chi connectivity index (χ4v) is 3.69. The van der Waals surface area contributed by atoms with E-state index in [0.29, 0.717) is 17.7 Å². The summed E-state index contributed by atoms with van der Waals surface area (Å²) in [5.41, 5.74) is 1.45. The van der Waals surface area contributed by atoms with Crippen molar-refractivity contribution in [3.63, 3.8) is 0 Å². The van der Waals surface area contributed by atoms with Gasteiger partial charge in [-0.15, -0.1) is 0 Å². The number of nitrogens with zero attached hydrogens (tertiary/aromatic N) is 4. The zero-order valence-corrected chi connectivity index (χ0v) is 11.4. The highest BCUT2D eigenvalue weighted by Gasteiger charge is 2.42. The number of piperidine rings is 1. The molecule has 2 bridgehead atoms. The number of rotatable bonds is 2. The van der Waals surface area contributed by atoms with Crippen LogP contribution >= 0.6 is 0 Å². The van der Waals surface area contributed by atoms with Gasteiger partial charge >= 0.3 is 6.09 Å². The van der Waals surface area contributed by atoms with Crippen molar-refractivity contribution in [1.82, 2.24) is 25.5 Å². The molecule has 2 saturated heterocycles. The predicted molar refractivity (Wildman–Crippen MR) is 75.2 cm³/mol. The second-order valence-electron chi connectivity index (χ2n) is 5.74. The first kappa shape index (κ1) is 12.4. The number of carboxylic acid groups (broad SMARTS) is 1. The summed E-state index contributed by atoms with van der Waals surface area (Å²) in [4.78, 5) is 22.1. The average molecular weight is 288 g/mol. The lowest BCUT2D eigenvalue weighted by molar-refractivity contribution is 0.185. The van der Waals surface area contributed by atoms with Crippen LogP contribution in [0.25, 0.3) is 11.2 Å². The summed E-state index contributed by atoms with van der Waals surface area (Å²) in [7, 11) is 0. The molecule has 1 amide bonds. The zero-order valence-electron chi connectivity index (χ0n) is 11.4. The van der Waals surface area contributed by atoms with E-state index < -0.39 is 6.09 Å². The summed E-state index contributed by atoms with van der Waals surface area (Å²) in [6, 6.07) is 0.700. The average Bonchev–Trinajstić information content (AvgIpc) is 3.00. The number of carbonyl (C=O) groups is 1. The van der Waals surface area contributed by atoms with E-state index in [1.54, 1.807) is 12.4 Å². The normalized spacial score (nSPS) is 28.0. The molecule has 4 heterocycles. The molecule has 3 N–H and O–H groups in total. The third kappa shape index (κ3) is 2.07. The number of amides is 1. The molecule has 2 aromatic rings. The number of anilines is 1. The number of fused-ring (bicyclic) bond motifs is 3. The molecule has 2 aliphatic heterocycles. The van der Waals surface area contributed by atoms with Gasteiger partial charge in [0, 0.05) is 18.1 Å². The fourth-order valence-electron chi connectivity index (χ4n) is 3.69. The SMILES string of the molecule is O=C(O)NC1C[C@H]2CC[C@@H](C1)N2c1cnc2cn[nH]c2n1. The second kappa shape index (κ2) is 4.57. The van der Waals surface area contributed by atoms with Crippen molar-refractivity contribution in [2.24, 2.45) is 0 Å². The molecule has 2 aromatic heterocycles. The minimum absolute atomic E-state index is 0.0418. The topological polar surface area (TPSA) is 107 Å². The van der Waals surface area contributed by atoms with Crippen molar-refractivity contribution in [2.75, 3.05) is 4.90 Å². The van der Waals surface area contributed by atoms with Gasteiger partial charge in [-0.05, 0) is 25.7 Å². The van der Waals surface area contributed by atoms with Gasteiger partial charge < -0.3 is 15.3 Å². The van der Waals surface area contributed by atoms with Gasteiger partial charge in [-0.25, -0.2) is 14.8 Å². The molecule has 0 saturated carbocycles. The van der Waals surface area contributed by atoms with Crippen LogP contribution < -0.4 is 10.2 Å². The molecule has 2 aliphatic rings. The van der Waals surface area contributed by atoms with Crippen LogP contribution in [-0.2, 0) is 0 Å². The van der Waals surface area contributed by atoms with Crippen LogP contribution in [0.3, 0.4) is 0 Å². The van der Waals surface area contributed by atoms with Crippen molar-refractivity contribution >= 4 is 23.1 Å². The third-order valence-electron chi connectivity index (χ3n) is 4.47. The number of hydrogen-bond donors (Lipinski definition) is 3. The molecule has 0 radical (unpaired) electrons. The Labute approximate surface area is 120 Å². The third-order valence-corrected chi connectivity index (χ3v) is 4.47. The van der Waals surface area contributed by atoms with Crippen LogP contribution in [-0.4, -0.2) is 49.5 Å². The van der Waals surface area contributed by atoms with Gasteiger partial charge in [-0.2, -0.15) is 5.10 Å². The minimum Gasteiger partial charge on any atom is -0.465 e. The number of aromatic amines is 1. The first-order valence-corrected chi connectivity index (χ1v) is 7.14. The largest absolute Gasteiger partial charge is 0.465 e. The molecule has 2 fully saturated rings. The van der Waals surface area contributed by atoms with Crippen LogP contribution in [0.2, 0.25) is 0 Å². The van der Waals surface area contributed by atoms with Crippen LogP contribution in [0.5, 0.6) is 0 Å². The van der Waals surface area contributed by atoms with Gasteiger partial charge in [0.15, 0.2) is 5.65 Å². The van der Waals surface area contributed by atoms with Crippen LogP contribution in [0, 0.1) is 0 Å². The molecule has 0 aromatic carbocycles. The maximum atomic E-state index is 10.8. The van der Waals surface area contributed by atoms with Gasteiger partial charge in [-0.1, -0.05) is 0 Å². The Morgan fingerprint density at radius 2 is 2.10 bits per heavy atom. The maximum Gasteiger partial charge on any atom is 0.404 e. The van der Waals surface area contributed by atoms with E-state index in [0.717, 1.165) is 37.0 Å². The van der Waals surface area contributed by atoms with Crippen molar-refractivity contribution in [2.45, 2.75) is 43.8 Å². The lowest BCUT2D eigenvalue weighted by Gasteiger charge is -2.39. The molecule has 4 rings (SSSR count). The lowest BCUT2D eigenvalue weighted by Crippen LogP contribution is -2.50. The van der Waals surface area contributed by atoms with Crippen molar-refractivity contribution in [3.8, 4) is 0 Å². The number of H-pyrrole nitrogens is 1. The van der Waals surface area contributed by atoms with Crippen molar-refractivity contribution in [1.29, 1.82) is 0 Å². The summed E-state index contributed by atoms with van der Waals surface area (Å²) in [5.74, 6) is 0.855. The van der Waals surface area contributed by atoms with Crippen molar-refractivity contribution < 1.29 is 9.90 Å². The van der Waals surface area contributed by atoms with Gasteiger partial charge in [0.1, 0.15) is 11.3 Å². The van der Waals surface area contributed by atoms with E-state index >= 15 is 0 Å². The first-order chi connectivity index (χ1) is 10.2. The fraction of sp³-hybridized carbons (Fsp3) is 0.538. The second-order valence-corrected chi connectivity index (χ2v) is 5.74. The molecule has 110 valence electrons. The monoisotopic (exact) mass is 288 g/mol. The maximum absolute atomic E-state index is 10.8. The van der Waals surface area contributed by atoms with E-state index in [1.807, 2.05) is 0 Å². The Morgan fingerprint density at radius 3 is 2.81 bits per heavy atom. The molecule has 21 heavy (non-hydrogen) atoms. The van der Waals surface area contributed by atoms with E-state index in [1.165, 1.54) is 0 Å². The highest BCUT2D eigenvalue weighted by molar-refractivity contribution is 5.70. The van der Waals surface area contributed by atoms with Crippen molar-refractivity contribution in [3.05, 3.63) is 12.4 Å². The smallest absolute Gasteiger partial charge is 0.404 e. The first-order valence-electron chi connectivity index (χ1n) is 7.14. The highest BCUT2D eigenvalue weighted by Crippen LogP contribution is 2.38. The number of aromatic nitrogens is 4. The molecule has 8 heteroatoms. The van der Waals surface area contributed by atoms with E-state index in [4.69, 9.17) is 5.11 Å². The van der Waals surface area contributed by atoms with Gasteiger partial charge in [-0.3, -0.25) is 5.10 Å². The highest BCUT2D eigenvalue weighted by atomic mass is 16.4. The Hall–Kier alpha value is -2.38. The molecule has 8 nitrogen and oxygen atoms in total. The van der Waals surface area contributed by atoms with E-state index in [-0.39, 0.29) is 6.04 Å². The number of hydrogen-bond acceptors (Lipinski definition) is 5. The summed E-state index contributed by atoms with van der Waals surface area (Å²) in [6.07, 6.45) is 6.30. The molecule has 1 unspecified atom stereocenters. The lowest BCUT2D eigenvalue weighted by atomic mass is 9.97. The number of nitrogens with one attached hydrogen (secondary N) is 2. The summed E-state index contributed by atoms with van der Waals surface area (Å²) in [5, 5.41) is 18.3. The molecular formula is C13H16N6O2. The minimum atomic E-state index is -0.938. The molecule has 0 spiro atoms. The zero-order chi connectivity index (χ0) is 14.4. The Balaban J connectivity index is 1.60. The van der Waals surface area contributed by atoms with Gasteiger partial charge in [0.2, 0.25) is 0 Å². The Morgan fingerprint density at radius 1 is 1.33 bits per heavy atom. The van der Waals surface area contributed by atoms with Gasteiger partial charge in [0.25, 0.3) is 0 Å². The summed E-state index contributed by atoms with van der Waals surface area (Å²) >= 11 is 0. The standard InChI is InChI=1S/C13H16N6O2/c20-13(21)16-7-3-8-1-2-9(4-7)19(8)11-6-14-10-5-15-18-12(10)17-11/h5-9,16H,1-4H2,(H,20,21)(H,15,17,18)/t7?,8-,9+. The molecular weight excluding hydrogens is 272 g/mol. The van der Waals surface area contributed by atoms with E-state index in [9.17, 15) is 4.79 Å². The van der Waals surface area contributed by atoms with Crippen LogP contribution in [0.15, 0.2) is 12.4 Å². The summed E-state index contributed by atoms with van der Waals surface area (Å²) < 4.78 is 0. The quantitative estimate of drug-likeness (QED) is 0.764. The van der Waals surface area contributed by atoms with Crippen LogP contribution in [0.4, 0.5) is 10.6 Å².